The van der Waals surface area contributed by atoms with Gasteiger partial charge in [0, 0.05) is 24.3 Å². The second-order valence-corrected chi connectivity index (χ2v) is 5.48. The topological polar surface area (TPSA) is 86.7 Å². The highest BCUT2D eigenvalue weighted by Gasteiger charge is 2.48. The van der Waals surface area contributed by atoms with Crippen molar-refractivity contribution in [1.29, 1.82) is 0 Å². The van der Waals surface area contributed by atoms with Gasteiger partial charge in [-0.25, -0.2) is 0 Å². The number of hydrogen-bond acceptors (Lipinski definition) is 3. The lowest BCUT2D eigenvalue weighted by molar-refractivity contribution is -0.139. The van der Waals surface area contributed by atoms with Crippen LogP contribution in [-0.2, 0) is 14.4 Å². The monoisotopic (exact) mass is 288 g/mol. The number of hydrogen-bond donors (Lipinski definition) is 2. The van der Waals surface area contributed by atoms with Crippen molar-refractivity contribution in [1.82, 2.24) is 0 Å². The van der Waals surface area contributed by atoms with Crippen LogP contribution in [0.3, 0.4) is 0 Å². The number of carbonyl (C=O) groups is 3. The number of anilines is 2. The maximum Gasteiger partial charge on any atom is 0.307 e. The fourth-order valence-corrected chi connectivity index (χ4v) is 2.67. The lowest BCUT2D eigenvalue weighted by atomic mass is 10.2. The van der Waals surface area contributed by atoms with Gasteiger partial charge in [0.2, 0.25) is 11.8 Å². The van der Waals surface area contributed by atoms with E-state index in [0.29, 0.717) is 25.1 Å². The van der Waals surface area contributed by atoms with Crippen LogP contribution in [0.4, 0.5) is 11.4 Å². The molecule has 0 bridgehead atoms. The smallest absolute Gasteiger partial charge is 0.307 e. The van der Waals surface area contributed by atoms with Crippen molar-refractivity contribution >= 4 is 29.2 Å². The van der Waals surface area contributed by atoms with Crippen molar-refractivity contribution in [3.8, 4) is 0 Å². The Hall–Kier alpha value is -2.37. The summed E-state index contributed by atoms with van der Waals surface area (Å²) in [5.74, 6) is -2.11. The summed E-state index contributed by atoms with van der Waals surface area (Å²) in [6.07, 6.45) is 1.79. The van der Waals surface area contributed by atoms with Gasteiger partial charge in [-0.1, -0.05) is 6.07 Å². The van der Waals surface area contributed by atoms with Gasteiger partial charge in [0.25, 0.3) is 0 Å². The summed E-state index contributed by atoms with van der Waals surface area (Å²) < 4.78 is 0. The Balaban J connectivity index is 1.68. The molecule has 3 rings (SSSR count). The summed E-state index contributed by atoms with van der Waals surface area (Å²) in [4.78, 5) is 36.1. The van der Waals surface area contributed by atoms with E-state index in [9.17, 15) is 14.4 Å². The van der Waals surface area contributed by atoms with Gasteiger partial charge in [0.15, 0.2) is 0 Å². The first kappa shape index (κ1) is 13.6. The molecule has 1 aliphatic heterocycles. The van der Waals surface area contributed by atoms with Gasteiger partial charge in [-0.3, -0.25) is 14.4 Å². The van der Waals surface area contributed by atoms with Crippen LogP contribution in [0.5, 0.6) is 0 Å². The van der Waals surface area contributed by atoms with Crippen molar-refractivity contribution < 1.29 is 19.5 Å². The Kier molecular flexibility index (Phi) is 3.37. The number of carboxylic acid groups (broad SMARTS) is 1. The molecule has 1 saturated heterocycles. The molecule has 21 heavy (non-hydrogen) atoms. The first-order chi connectivity index (χ1) is 10.1. The number of carboxylic acids is 1. The summed E-state index contributed by atoms with van der Waals surface area (Å²) >= 11 is 0. The number of rotatable bonds is 4. The van der Waals surface area contributed by atoms with Crippen molar-refractivity contribution in [3.63, 3.8) is 0 Å². The molecular formula is C15H16N2O4. The summed E-state index contributed by atoms with van der Waals surface area (Å²) in [6, 6.07) is 7.09. The average molecular weight is 288 g/mol. The SMILES string of the molecule is O=C(O)[C@H]1C[C@H]1C(=O)Nc1cccc(N2CCCC2=O)c1. The van der Waals surface area contributed by atoms with E-state index in [4.69, 9.17) is 5.11 Å². The Morgan fingerprint density at radius 3 is 2.71 bits per heavy atom. The van der Waals surface area contributed by atoms with E-state index in [1.165, 1.54) is 0 Å². The fourth-order valence-electron chi connectivity index (χ4n) is 2.67. The molecule has 0 unspecified atom stereocenters. The Bertz CT molecular complexity index is 613. The largest absolute Gasteiger partial charge is 0.481 e. The molecule has 1 aromatic carbocycles. The minimum Gasteiger partial charge on any atom is -0.481 e. The number of benzene rings is 1. The lowest BCUT2D eigenvalue weighted by Crippen LogP contribution is -2.24. The lowest BCUT2D eigenvalue weighted by Gasteiger charge is -2.16. The molecule has 1 aliphatic carbocycles. The highest BCUT2D eigenvalue weighted by Crippen LogP contribution is 2.39. The second-order valence-electron chi connectivity index (χ2n) is 5.48. The quantitative estimate of drug-likeness (QED) is 0.878. The normalized spacial score (nSPS) is 24.0. The molecule has 110 valence electrons. The van der Waals surface area contributed by atoms with Crippen LogP contribution in [0, 0.1) is 11.8 Å². The van der Waals surface area contributed by atoms with Crippen LogP contribution in [-0.4, -0.2) is 29.4 Å². The zero-order chi connectivity index (χ0) is 15.0. The molecule has 2 fully saturated rings. The fraction of sp³-hybridized carbons (Fsp3) is 0.400. The molecule has 2 atom stereocenters. The summed E-state index contributed by atoms with van der Waals surface area (Å²) in [7, 11) is 0. The third kappa shape index (κ3) is 2.74. The van der Waals surface area contributed by atoms with E-state index in [0.717, 1.165) is 12.1 Å². The molecule has 1 saturated carbocycles. The van der Waals surface area contributed by atoms with Crippen molar-refractivity contribution in [2.24, 2.45) is 11.8 Å². The van der Waals surface area contributed by atoms with Crippen LogP contribution >= 0.6 is 0 Å². The van der Waals surface area contributed by atoms with Gasteiger partial charge in [-0.15, -0.1) is 0 Å². The number of nitrogens with zero attached hydrogens (tertiary/aromatic N) is 1. The van der Waals surface area contributed by atoms with Gasteiger partial charge in [-0.2, -0.15) is 0 Å². The molecule has 0 spiro atoms. The number of aliphatic carboxylic acids is 1. The van der Waals surface area contributed by atoms with Crippen LogP contribution in [0.25, 0.3) is 0 Å². The molecule has 2 N–H and O–H groups in total. The molecule has 6 heteroatoms. The predicted octanol–water partition coefficient (Wildman–Crippen LogP) is 1.47. The Morgan fingerprint density at radius 1 is 1.29 bits per heavy atom. The molecule has 6 nitrogen and oxygen atoms in total. The van der Waals surface area contributed by atoms with E-state index in [1.807, 2.05) is 6.07 Å². The van der Waals surface area contributed by atoms with Crippen LogP contribution < -0.4 is 10.2 Å². The third-order valence-electron chi connectivity index (χ3n) is 3.94. The summed E-state index contributed by atoms with van der Waals surface area (Å²) in [6.45, 7) is 0.694. The van der Waals surface area contributed by atoms with E-state index < -0.39 is 17.8 Å². The molecule has 2 aliphatic rings. The van der Waals surface area contributed by atoms with Crippen LogP contribution in [0.1, 0.15) is 19.3 Å². The number of nitrogens with one attached hydrogen (secondary N) is 1. The average Bonchev–Trinajstić information content (AvgIpc) is 3.15. The van der Waals surface area contributed by atoms with Gasteiger partial charge in [0.1, 0.15) is 0 Å². The molecule has 0 aromatic heterocycles. The van der Waals surface area contributed by atoms with E-state index in [2.05, 4.69) is 5.32 Å². The van der Waals surface area contributed by atoms with Gasteiger partial charge in [-0.05, 0) is 31.0 Å². The van der Waals surface area contributed by atoms with Crippen LogP contribution in [0.15, 0.2) is 24.3 Å². The Morgan fingerprint density at radius 2 is 2.10 bits per heavy atom. The van der Waals surface area contributed by atoms with Crippen LogP contribution in [0.2, 0.25) is 0 Å². The molecule has 0 radical (unpaired) electrons. The zero-order valence-electron chi connectivity index (χ0n) is 11.4. The zero-order valence-corrected chi connectivity index (χ0v) is 11.4. The maximum atomic E-state index is 11.9. The van der Waals surface area contributed by atoms with Gasteiger partial charge in [0.05, 0.1) is 11.8 Å². The predicted molar refractivity (Wildman–Crippen MR) is 75.9 cm³/mol. The first-order valence-electron chi connectivity index (χ1n) is 7.00. The minimum atomic E-state index is -0.924. The molecule has 1 heterocycles. The summed E-state index contributed by atoms with van der Waals surface area (Å²) in [5, 5.41) is 11.6. The molecule has 2 amide bonds. The Labute approximate surface area is 121 Å². The third-order valence-corrected chi connectivity index (χ3v) is 3.94. The highest BCUT2D eigenvalue weighted by molar-refractivity contribution is 5.99. The summed E-state index contributed by atoms with van der Waals surface area (Å²) in [5.41, 5.74) is 1.36. The molecular weight excluding hydrogens is 272 g/mol. The standard InChI is InChI=1S/C15H16N2O4/c18-13-5-2-6-17(13)10-4-1-3-9(7-10)16-14(19)11-8-12(11)15(20)21/h1,3-4,7,11-12H,2,5-6,8H2,(H,16,19)(H,20,21)/t11-,12+/m1/s1. The van der Waals surface area contributed by atoms with Gasteiger partial charge >= 0.3 is 5.97 Å². The van der Waals surface area contributed by atoms with Crippen molar-refractivity contribution in [3.05, 3.63) is 24.3 Å². The number of amides is 2. The van der Waals surface area contributed by atoms with E-state index >= 15 is 0 Å². The van der Waals surface area contributed by atoms with Gasteiger partial charge < -0.3 is 15.3 Å². The van der Waals surface area contributed by atoms with Crippen molar-refractivity contribution in [2.45, 2.75) is 19.3 Å². The van der Waals surface area contributed by atoms with Crippen molar-refractivity contribution in [2.75, 3.05) is 16.8 Å². The van der Waals surface area contributed by atoms with E-state index in [1.54, 1.807) is 23.1 Å². The second kappa shape index (κ2) is 5.20. The van der Waals surface area contributed by atoms with E-state index in [-0.39, 0.29) is 11.8 Å². The molecule has 1 aromatic rings. The maximum absolute atomic E-state index is 11.9. The highest BCUT2D eigenvalue weighted by atomic mass is 16.4. The first-order valence-corrected chi connectivity index (χ1v) is 7.00. The number of carbonyl (C=O) groups excluding carboxylic acids is 2. The minimum absolute atomic E-state index is 0.0895.